The topological polar surface area (TPSA) is 140 Å². The van der Waals surface area contributed by atoms with Crippen LogP contribution in [0.25, 0.3) is 0 Å². The molecule has 0 spiro atoms. The summed E-state index contributed by atoms with van der Waals surface area (Å²) in [4.78, 5) is 25.6. The first-order valence-corrected chi connectivity index (χ1v) is 5.66. The fourth-order valence-electron chi connectivity index (χ4n) is 1.57. The molecule has 0 radical (unpaired) electrons. The number of hydrogen-bond donors (Lipinski definition) is 3. The lowest BCUT2D eigenvalue weighted by atomic mass is 10.2. The summed E-state index contributed by atoms with van der Waals surface area (Å²) in [5, 5.41) is 19.8. The van der Waals surface area contributed by atoms with E-state index < -0.39 is 10.8 Å². The van der Waals surface area contributed by atoms with Gasteiger partial charge in [-0.25, -0.2) is 4.98 Å². The molecule has 0 aliphatic rings. The Balaban J connectivity index is 2.15. The molecule has 0 aliphatic heterocycles. The fourth-order valence-corrected chi connectivity index (χ4v) is 1.57. The molecule has 0 unspecified atom stereocenters. The third kappa shape index (κ3) is 2.71. The van der Waals surface area contributed by atoms with Gasteiger partial charge in [0.1, 0.15) is 12.0 Å². The molecule has 2 aromatic rings. The number of H-pyrrole nitrogens is 1. The van der Waals surface area contributed by atoms with E-state index in [0.717, 1.165) is 23.5 Å². The van der Waals surface area contributed by atoms with E-state index in [2.05, 4.69) is 20.5 Å². The van der Waals surface area contributed by atoms with Crippen LogP contribution in [0.4, 0.5) is 11.5 Å². The molecule has 2 rings (SSSR count). The lowest BCUT2D eigenvalue weighted by Crippen LogP contribution is -2.24. The lowest BCUT2D eigenvalue weighted by Gasteiger charge is -2.06. The summed E-state index contributed by atoms with van der Waals surface area (Å²) in [7, 11) is 0. The summed E-state index contributed by atoms with van der Waals surface area (Å²) in [5.41, 5.74) is 6.88. The van der Waals surface area contributed by atoms with E-state index in [1.807, 2.05) is 6.92 Å². The number of rotatable bonds is 4. The highest BCUT2D eigenvalue weighted by atomic mass is 16.6. The number of nitro groups is 1. The van der Waals surface area contributed by atoms with Gasteiger partial charge in [-0.1, -0.05) is 0 Å². The van der Waals surface area contributed by atoms with Crippen LogP contribution in [0, 0.1) is 17.0 Å². The Kier molecular flexibility index (Phi) is 3.60. The molecule has 0 aromatic carbocycles. The second kappa shape index (κ2) is 5.34. The maximum absolute atomic E-state index is 12.0. The van der Waals surface area contributed by atoms with E-state index in [1.54, 1.807) is 6.20 Å². The number of carbonyl (C=O) groups is 1. The summed E-state index contributed by atoms with van der Waals surface area (Å²) >= 11 is 0. The van der Waals surface area contributed by atoms with E-state index in [1.165, 1.54) is 0 Å². The van der Waals surface area contributed by atoms with Crippen molar-refractivity contribution >= 4 is 17.4 Å². The molecule has 2 aromatic heterocycles. The third-order valence-electron chi connectivity index (χ3n) is 2.73. The van der Waals surface area contributed by atoms with Crippen LogP contribution < -0.4 is 11.1 Å². The number of carbonyl (C=O) groups excluding carboxylic acids is 1. The number of hydrogen-bond acceptors (Lipinski definition) is 6. The van der Waals surface area contributed by atoms with Crippen LogP contribution in [-0.4, -0.2) is 26.0 Å². The maximum Gasteiger partial charge on any atom is 0.288 e. The first-order valence-electron chi connectivity index (χ1n) is 5.66. The third-order valence-corrected chi connectivity index (χ3v) is 2.73. The smallest absolute Gasteiger partial charge is 0.288 e. The van der Waals surface area contributed by atoms with Gasteiger partial charge in [-0.3, -0.25) is 20.0 Å². The number of nitrogens with one attached hydrogen (secondary N) is 2. The Labute approximate surface area is 113 Å². The fraction of sp³-hybridized carbons (Fsp3) is 0.182. The lowest BCUT2D eigenvalue weighted by molar-refractivity contribution is -0.385. The van der Waals surface area contributed by atoms with E-state index in [4.69, 9.17) is 5.73 Å². The van der Waals surface area contributed by atoms with Crippen LogP contribution >= 0.6 is 0 Å². The van der Waals surface area contributed by atoms with Gasteiger partial charge in [-0.15, -0.1) is 0 Å². The quantitative estimate of drug-likeness (QED) is 0.549. The van der Waals surface area contributed by atoms with Crippen LogP contribution in [0.5, 0.6) is 0 Å². The van der Waals surface area contributed by atoms with E-state index in [9.17, 15) is 14.9 Å². The summed E-state index contributed by atoms with van der Waals surface area (Å²) in [6.45, 7) is 2.06. The van der Waals surface area contributed by atoms with Crippen molar-refractivity contribution in [3.8, 4) is 0 Å². The average Bonchev–Trinajstić information content (AvgIpc) is 2.81. The van der Waals surface area contributed by atoms with Crippen molar-refractivity contribution in [1.82, 2.24) is 20.5 Å². The SMILES string of the molecule is Cc1[nH]ncc1CNC(=O)c1cc([N+](=O)[O-])cnc1N. The molecule has 104 valence electrons. The van der Waals surface area contributed by atoms with Crippen LogP contribution in [0.3, 0.4) is 0 Å². The Morgan fingerprint density at radius 3 is 2.90 bits per heavy atom. The maximum atomic E-state index is 12.0. The largest absolute Gasteiger partial charge is 0.383 e. The number of anilines is 1. The minimum Gasteiger partial charge on any atom is -0.383 e. The normalized spacial score (nSPS) is 10.2. The molecule has 20 heavy (non-hydrogen) atoms. The van der Waals surface area contributed by atoms with Gasteiger partial charge in [0.25, 0.3) is 11.6 Å². The zero-order chi connectivity index (χ0) is 14.7. The standard InChI is InChI=1S/C11H12N6O3/c1-6-7(4-15-16-6)3-14-11(18)9-2-8(17(19)20)5-13-10(9)12/h2,4-5H,3H2,1H3,(H2,12,13)(H,14,18)(H,15,16). The number of aromatic nitrogens is 3. The highest BCUT2D eigenvalue weighted by Crippen LogP contribution is 2.16. The number of aromatic amines is 1. The van der Waals surface area contributed by atoms with Gasteiger partial charge < -0.3 is 11.1 Å². The number of pyridine rings is 1. The molecule has 1 amide bonds. The number of amides is 1. The van der Waals surface area contributed by atoms with Crippen molar-refractivity contribution in [1.29, 1.82) is 0 Å². The van der Waals surface area contributed by atoms with Crippen molar-refractivity contribution in [3.05, 3.63) is 45.4 Å². The van der Waals surface area contributed by atoms with Crippen molar-refractivity contribution in [2.24, 2.45) is 0 Å². The Bertz CT molecular complexity index is 666. The van der Waals surface area contributed by atoms with Crippen molar-refractivity contribution in [2.45, 2.75) is 13.5 Å². The monoisotopic (exact) mass is 276 g/mol. The predicted octanol–water partition coefficient (Wildman–Crippen LogP) is 0.534. The highest BCUT2D eigenvalue weighted by molar-refractivity contribution is 5.98. The van der Waals surface area contributed by atoms with Gasteiger partial charge in [-0.05, 0) is 6.92 Å². The minimum absolute atomic E-state index is 0.0275. The molecular formula is C11H12N6O3. The highest BCUT2D eigenvalue weighted by Gasteiger charge is 2.16. The second-order valence-corrected chi connectivity index (χ2v) is 4.09. The predicted molar refractivity (Wildman–Crippen MR) is 69.8 cm³/mol. The minimum atomic E-state index is -0.635. The molecule has 0 fully saturated rings. The second-order valence-electron chi connectivity index (χ2n) is 4.09. The Morgan fingerprint density at radius 2 is 2.30 bits per heavy atom. The molecule has 0 aliphatic carbocycles. The zero-order valence-corrected chi connectivity index (χ0v) is 10.6. The molecular weight excluding hydrogens is 264 g/mol. The summed E-state index contributed by atoms with van der Waals surface area (Å²) < 4.78 is 0. The summed E-state index contributed by atoms with van der Waals surface area (Å²) in [6, 6.07) is 1.10. The van der Waals surface area contributed by atoms with Crippen LogP contribution in [0.1, 0.15) is 21.6 Å². The molecule has 0 atom stereocenters. The molecule has 0 saturated heterocycles. The molecule has 9 heteroatoms. The van der Waals surface area contributed by atoms with Gasteiger partial charge >= 0.3 is 0 Å². The molecule has 0 saturated carbocycles. The van der Waals surface area contributed by atoms with Gasteiger partial charge in [0.05, 0.1) is 16.7 Å². The number of nitrogens with two attached hydrogens (primary N) is 1. The average molecular weight is 276 g/mol. The Morgan fingerprint density at radius 1 is 1.55 bits per heavy atom. The van der Waals surface area contributed by atoms with E-state index in [0.29, 0.717) is 0 Å². The van der Waals surface area contributed by atoms with Gasteiger partial charge in [0, 0.05) is 23.9 Å². The van der Waals surface area contributed by atoms with Gasteiger partial charge in [-0.2, -0.15) is 5.10 Å². The van der Waals surface area contributed by atoms with Crippen molar-refractivity contribution < 1.29 is 9.72 Å². The summed E-state index contributed by atoms with van der Waals surface area (Å²) in [5.74, 6) is -0.587. The molecule has 4 N–H and O–H groups in total. The van der Waals surface area contributed by atoms with Crippen molar-refractivity contribution in [3.63, 3.8) is 0 Å². The van der Waals surface area contributed by atoms with E-state index in [-0.39, 0.29) is 23.6 Å². The molecule has 0 bridgehead atoms. The van der Waals surface area contributed by atoms with Crippen LogP contribution in [0.2, 0.25) is 0 Å². The van der Waals surface area contributed by atoms with Crippen LogP contribution in [0.15, 0.2) is 18.5 Å². The number of aryl methyl sites for hydroxylation is 1. The number of nitrogens with zero attached hydrogens (tertiary/aromatic N) is 3. The van der Waals surface area contributed by atoms with Crippen LogP contribution in [-0.2, 0) is 6.54 Å². The first-order chi connectivity index (χ1) is 9.49. The zero-order valence-electron chi connectivity index (χ0n) is 10.6. The molecule has 9 nitrogen and oxygen atoms in total. The summed E-state index contributed by atoms with van der Waals surface area (Å²) in [6.07, 6.45) is 2.59. The molecule has 2 heterocycles. The Hall–Kier alpha value is -2.97. The van der Waals surface area contributed by atoms with Gasteiger partial charge in [0.2, 0.25) is 0 Å². The van der Waals surface area contributed by atoms with Crippen molar-refractivity contribution in [2.75, 3.05) is 5.73 Å². The van der Waals surface area contributed by atoms with E-state index >= 15 is 0 Å². The number of nitrogen functional groups attached to an aromatic ring is 1. The first kappa shape index (κ1) is 13.5. The van der Waals surface area contributed by atoms with Gasteiger partial charge in [0.15, 0.2) is 0 Å².